The zero-order chi connectivity index (χ0) is 23.2. The van der Waals surface area contributed by atoms with Crippen LogP contribution in [0.5, 0.6) is 0 Å². The molecule has 0 aliphatic heterocycles. The number of aromatic nitrogens is 1. The van der Waals surface area contributed by atoms with Crippen molar-refractivity contribution in [2.24, 2.45) is 11.3 Å². The summed E-state index contributed by atoms with van der Waals surface area (Å²) in [5, 5.41) is 9.30. The average Bonchev–Trinajstić information content (AvgIpc) is 2.61. The highest BCUT2D eigenvalue weighted by molar-refractivity contribution is 6.74. The number of hydrogen-bond acceptors (Lipinski definition) is 4. The first-order valence-electron chi connectivity index (χ1n) is 11.3. The molecule has 0 aliphatic carbocycles. The van der Waals surface area contributed by atoms with Crippen molar-refractivity contribution in [3.63, 3.8) is 0 Å². The molecule has 0 radical (unpaired) electrons. The van der Waals surface area contributed by atoms with E-state index in [0.717, 1.165) is 25.9 Å². The predicted molar refractivity (Wildman–Crippen MR) is 132 cm³/mol. The fourth-order valence-corrected chi connectivity index (χ4v) is 5.71. The second kappa shape index (κ2) is 11.0. The molecule has 0 aromatic carbocycles. The smallest absolute Gasteiger partial charge is 0.191 e. The molecule has 30 heavy (non-hydrogen) atoms. The van der Waals surface area contributed by atoms with E-state index in [1.165, 1.54) is 5.56 Å². The summed E-state index contributed by atoms with van der Waals surface area (Å²) < 4.78 is 13.3. The van der Waals surface area contributed by atoms with Crippen molar-refractivity contribution >= 4 is 17.4 Å². The lowest BCUT2D eigenvalue weighted by Crippen LogP contribution is -2.46. The van der Waals surface area contributed by atoms with Crippen LogP contribution >= 0.6 is 0 Å². The quantitative estimate of drug-likeness (QED) is 0.392. The zero-order valence-corrected chi connectivity index (χ0v) is 23.2. The van der Waals surface area contributed by atoms with Crippen LogP contribution in [0, 0.1) is 22.7 Å². The molecule has 0 aliphatic rings. The minimum atomic E-state index is -1.82. The molecule has 2 unspecified atom stereocenters. The molecule has 0 amide bonds. The average molecular weight is 449 g/mol. The van der Waals surface area contributed by atoms with Gasteiger partial charge in [-0.15, -0.1) is 0 Å². The maximum absolute atomic E-state index is 9.10. The second-order valence-electron chi connectivity index (χ2n) is 11.4. The summed E-state index contributed by atoms with van der Waals surface area (Å²) in [4.78, 5) is 4.08. The van der Waals surface area contributed by atoms with E-state index in [0.29, 0.717) is 11.6 Å². The van der Waals surface area contributed by atoms with E-state index in [1.807, 2.05) is 12.1 Å². The van der Waals surface area contributed by atoms with Crippen LogP contribution in [0.3, 0.4) is 0 Å². The first kappa shape index (κ1) is 27.0. The monoisotopic (exact) mass is 448 g/mol. The highest BCUT2D eigenvalue weighted by Gasteiger charge is 2.40. The Morgan fingerprint density at radius 1 is 1.17 bits per heavy atom. The van der Waals surface area contributed by atoms with Crippen LogP contribution in [-0.2, 0) is 15.3 Å². The molecule has 0 saturated carbocycles. The van der Waals surface area contributed by atoms with Gasteiger partial charge in [-0.25, -0.2) is 4.98 Å². The van der Waals surface area contributed by atoms with Crippen LogP contribution in [-0.4, -0.2) is 35.1 Å². The van der Waals surface area contributed by atoms with Crippen molar-refractivity contribution in [2.75, 3.05) is 6.61 Å². The van der Waals surface area contributed by atoms with Gasteiger partial charge in [0.25, 0.3) is 0 Å². The number of nitriles is 1. The minimum Gasteiger partial charge on any atom is -0.417 e. The lowest BCUT2D eigenvalue weighted by Gasteiger charge is -2.42. The molecule has 1 aromatic rings. The van der Waals surface area contributed by atoms with Crippen LogP contribution in [0.25, 0.3) is 0 Å². The summed E-state index contributed by atoms with van der Waals surface area (Å²) in [6.07, 6.45) is 4.99. The molecule has 0 fully saturated rings. The van der Waals surface area contributed by atoms with Gasteiger partial charge in [-0.1, -0.05) is 41.5 Å². The van der Waals surface area contributed by atoms with Crippen LogP contribution < -0.4 is 0 Å². The van der Waals surface area contributed by atoms with E-state index in [4.69, 9.17) is 14.1 Å². The molecule has 2 atom stereocenters. The summed E-state index contributed by atoms with van der Waals surface area (Å²) in [5.74, 6) is 0.367. The maximum Gasteiger partial charge on any atom is 0.191 e. The number of pyridine rings is 1. The highest BCUT2D eigenvalue weighted by Crippen LogP contribution is 2.38. The number of rotatable bonds is 10. The van der Waals surface area contributed by atoms with E-state index in [9.17, 15) is 0 Å². The molecule has 170 valence electrons. The summed E-state index contributed by atoms with van der Waals surface area (Å²) in [5.41, 5.74) is 1.74. The topological polar surface area (TPSA) is 55.1 Å². The lowest BCUT2D eigenvalue weighted by molar-refractivity contribution is 0.00645. The largest absolute Gasteiger partial charge is 0.417 e. The molecule has 1 aromatic heterocycles. The normalized spacial score (nSPS) is 15.1. The van der Waals surface area contributed by atoms with Gasteiger partial charge < -0.3 is 8.85 Å². The fraction of sp³-hybridized carbons (Fsp3) is 0.750. The Hall–Kier alpha value is -1.01. The molecule has 6 heteroatoms. The van der Waals surface area contributed by atoms with E-state index < -0.39 is 17.4 Å². The van der Waals surface area contributed by atoms with Crippen molar-refractivity contribution in [3.05, 3.63) is 29.6 Å². The van der Waals surface area contributed by atoms with Crippen molar-refractivity contribution in [1.82, 2.24) is 4.98 Å². The molecular formula is C24H44N2O2Si2. The Morgan fingerprint density at radius 3 is 2.30 bits per heavy atom. The summed E-state index contributed by atoms with van der Waals surface area (Å²) >= 11 is 0. The number of hydrogen-bond donors (Lipinski definition) is 0. The van der Waals surface area contributed by atoms with Gasteiger partial charge in [0.2, 0.25) is 0 Å². The second-order valence-corrected chi connectivity index (χ2v) is 18.5. The number of nitrogens with zero attached hydrogens (tertiary/aromatic N) is 2. The van der Waals surface area contributed by atoms with Crippen molar-refractivity contribution < 1.29 is 8.85 Å². The summed E-state index contributed by atoms with van der Waals surface area (Å²) in [6.45, 7) is 23.7. The lowest BCUT2D eigenvalue weighted by atomic mass is 9.79. The first-order valence-corrected chi connectivity index (χ1v) is 17.0. The molecular weight excluding hydrogens is 404 g/mol. The van der Waals surface area contributed by atoms with E-state index in [-0.39, 0.29) is 16.6 Å². The number of aryl methyl sites for hydroxylation is 1. The Kier molecular flexibility index (Phi) is 9.94. The highest BCUT2D eigenvalue weighted by atomic mass is 28.4. The molecule has 0 spiro atoms. The molecule has 0 N–H and O–H groups in total. The van der Waals surface area contributed by atoms with Gasteiger partial charge in [0.1, 0.15) is 11.8 Å². The van der Waals surface area contributed by atoms with Crippen molar-refractivity contribution in [3.8, 4) is 6.07 Å². The van der Waals surface area contributed by atoms with Gasteiger partial charge >= 0.3 is 0 Å². The third kappa shape index (κ3) is 8.62. The minimum absolute atomic E-state index is 0.0728. The molecule has 0 bridgehead atoms. The Bertz CT molecular complexity index is 700. The van der Waals surface area contributed by atoms with Gasteiger partial charge in [0.05, 0.1) is 6.10 Å². The fourth-order valence-electron chi connectivity index (χ4n) is 3.43. The van der Waals surface area contributed by atoms with Gasteiger partial charge in [0.15, 0.2) is 17.4 Å². The Labute approximate surface area is 188 Å². The predicted octanol–water partition coefficient (Wildman–Crippen LogP) is 6.33. The first-order chi connectivity index (χ1) is 13.7. The van der Waals surface area contributed by atoms with Gasteiger partial charge in [-0.3, -0.25) is 0 Å². The summed E-state index contributed by atoms with van der Waals surface area (Å²) in [6, 6.07) is 6.05. The van der Waals surface area contributed by atoms with E-state index in [2.05, 4.69) is 78.8 Å². The van der Waals surface area contributed by atoms with Crippen molar-refractivity contribution in [1.29, 1.82) is 5.26 Å². The third-order valence-electron chi connectivity index (χ3n) is 6.14. The Morgan fingerprint density at radius 2 is 1.80 bits per heavy atom. The SMILES string of the molecule is C[SiH](C)OC(C(CCCc1ccnc(C#N)c1)CO[Si](C)(C)C(C)(C)C)C(C)(C)C. The van der Waals surface area contributed by atoms with Crippen LogP contribution in [0.4, 0.5) is 0 Å². The zero-order valence-electron chi connectivity index (χ0n) is 21.0. The standard InChI is InChI=1S/C24H44N2O2Si2/c1-23(2,3)22(28-29(7)8)20(18-27-30(9,10)24(4,5)6)13-11-12-19-14-15-26-21(16-19)17-25/h14-16,20,22,29H,11-13,18H2,1-10H3. The molecule has 1 heterocycles. The molecule has 4 nitrogen and oxygen atoms in total. The maximum atomic E-state index is 9.10. The van der Waals surface area contributed by atoms with E-state index >= 15 is 0 Å². The van der Waals surface area contributed by atoms with Gasteiger partial charge in [-0.2, -0.15) is 5.26 Å². The van der Waals surface area contributed by atoms with Crippen LogP contribution in [0.2, 0.25) is 31.2 Å². The van der Waals surface area contributed by atoms with Crippen molar-refractivity contribution in [2.45, 2.75) is 98.1 Å². The Balaban J connectivity index is 2.96. The molecule has 0 saturated heterocycles. The summed E-state index contributed by atoms with van der Waals surface area (Å²) in [7, 11) is -2.99. The molecule has 1 rings (SSSR count). The third-order valence-corrected chi connectivity index (χ3v) is 11.5. The van der Waals surface area contributed by atoms with Gasteiger partial charge in [-0.05, 0) is 73.6 Å². The van der Waals surface area contributed by atoms with Crippen LogP contribution in [0.15, 0.2) is 18.3 Å². The van der Waals surface area contributed by atoms with E-state index in [1.54, 1.807) is 6.20 Å². The van der Waals surface area contributed by atoms with Crippen LogP contribution in [0.1, 0.15) is 65.6 Å². The van der Waals surface area contributed by atoms with Gasteiger partial charge in [0, 0.05) is 18.7 Å².